The summed E-state index contributed by atoms with van der Waals surface area (Å²) in [6.07, 6.45) is 15.7. The van der Waals surface area contributed by atoms with Gasteiger partial charge in [0, 0.05) is 22.2 Å². The smallest absolute Gasteiger partial charge is 0.0175 e. The van der Waals surface area contributed by atoms with Gasteiger partial charge in [-0.3, -0.25) is 4.34 Å². The first-order valence-electron chi connectivity index (χ1n) is 8.12. The molecule has 1 unspecified atom stereocenters. The Kier molecular flexibility index (Phi) is 9.40. The standard InChI is InChI=1S/C16H32BrN/c1-3-4-5-6-7-14(2)8-9-15-10-12-16(18-17)13-11-15/h14-16,18H,3-13H2,1-2H3. The zero-order valence-electron chi connectivity index (χ0n) is 12.4. The number of unbranched alkanes of at least 4 members (excludes halogenated alkanes) is 3. The maximum atomic E-state index is 3.38. The van der Waals surface area contributed by atoms with Crippen LogP contribution in [0.2, 0.25) is 0 Å². The van der Waals surface area contributed by atoms with E-state index in [4.69, 9.17) is 0 Å². The SMILES string of the molecule is CCCCCCC(C)CCC1CCC(NBr)CC1. The molecule has 0 aromatic rings. The molecule has 1 fully saturated rings. The average Bonchev–Trinajstić information content (AvgIpc) is 2.42. The molecule has 1 aliphatic carbocycles. The average molecular weight is 318 g/mol. The molecule has 1 saturated carbocycles. The number of rotatable bonds is 9. The van der Waals surface area contributed by atoms with Gasteiger partial charge >= 0.3 is 0 Å². The molecule has 0 saturated heterocycles. The molecule has 0 aliphatic heterocycles. The molecule has 18 heavy (non-hydrogen) atoms. The van der Waals surface area contributed by atoms with Crippen molar-refractivity contribution in [1.29, 1.82) is 0 Å². The van der Waals surface area contributed by atoms with Gasteiger partial charge in [0.05, 0.1) is 0 Å². The van der Waals surface area contributed by atoms with Crippen LogP contribution in [0.15, 0.2) is 0 Å². The summed E-state index contributed by atoms with van der Waals surface area (Å²) in [4.78, 5) is 0. The molecule has 0 spiro atoms. The predicted octanol–water partition coefficient (Wildman–Crippen LogP) is 5.83. The Morgan fingerprint density at radius 3 is 2.39 bits per heavy atom. The zero-order chi connectivity index (χ0) is 13.2. The highest BCUT2D eigenvalue weighted by atomic mass is 79.9. The second kappa shape index (κ2) is 10.3. The number of hydrogen-bond acceptors (Lipinski definition) is 1. The maximum absolute atomic E-state index is 3.38. The first kappa shape index (κ1) is 16.5. The van der Waals surface area contributed by atoms with Crippen molar-refractivity contribution in [2.45, 2.75) is 90.5 Å². The highest BCUT2D eigenvalue weighted by Crippen LogP contribution is 2.30. The molecule has 0 radical (unpaired) electrons. The molecule has 0 heterocycles. The van der Waals surface area contributed by atoms with Crippen LogP contribution >= 0.6 is 16.1 Å². The number of halogens is 1. The summed E-state index contributed by atoms with van der Waals surface area (Å²) in [5, 5.41) is 0. The van der Waals surface area contributed by atoms with Gasteiger partial charge < -0.3 is 0 Å². The Balaban J connectivity index is 1.99. The van der Waals surface area contributed by atoms with E-state index in [0.29, 0.717) is 0 Å². The lowest BCUT2D eigenvalue weighted by molar-refractivity contribution is 0.281. The molecule has 108 valence electrons. The topological polar surface area (TPSA) is 12.0 Å². The van der Waals surface area contributed by atoms with E-state index in [1.807, 2.05) is 0 Å². The van der Waals surface area contributed by atoms with Gasteiger partial charge in [0.25, 0.3) is 0 Å². The summed E-state index contributed by atoms with van der Waals surface area (Å²) in [6.45, 7) is 4.75. The van der Waals surface area contributed by atoms with Gasteiger partial charge in [-0.1, -0.05) is 58.8 Å². The summed E-state index contributed by atoms with van der Waals surface area (Å²) in [6, 6.07) is 0.729. The Bertz CT molecular complexity index is 188. The zero-order valence-corrected chi connectivity index (χ0v) is 14.0. The van der Waals surface area contributed by atoms with Crippen molar-refractivity contribution in [2.24, 2.45) is 11.8 Å². The van der Waals surface area contributed by atoms with Crippen molar-refractivity contribution in [3.05, 3.63) is 0 Å². The maximum Gasteiger partial charge on any atom is 0.0175 e. The summed E-state index contributed by atoms with van der Waals surface area (Å²) in [5.74, 6) is 1.97. The van der Waals surface area contributed by atoms with Crippen molar-refractivity contribution in [3.63, 3.8) is 0 Å². The van der Waals surface area contributed by atoms with Crippen LogP contribution in [0.4, 0.5) is 0 Å². The fourth-order valence-corrected chi connectivity index (χ4v) is 3.60. The molecule has 1 N–H and O–H groups in total. The molecule has 0 aromatic carbocycles. The lowest BCUT2D eigenvalue weighted by Gasteiger charge is -2.28. The number of nitrogens with one attached hydrogen (secondary N) is 1. The second-order valence-electron chi connectivity index (χ2n) is 6.36. The van der Waals surface area contributed by atoms with Crippen LogP contribution in [-0.2, 0) is 0 Å². The van der Waals surface area contributed by atoms with Crippen molar-refractivity contribution in [1.82, 2.24) is 4.34 Å². The molecule has 0 aromatic heterocycles. The van der Waals surface area contributed by atoms with Gasteiger partial charge in [0.1, 0.15) is 0 Å². The highest BCUT2D eigenvalue weighted by molar-refractivity contribution is 9.08. The van der Waals surface area contributed by atoms with Crippen LogP contribution in [0.3, 0.4) is 0 Å². The summed E-state index contributed by atoms with van der Waals surface area (Å²) >= 11 is 3.38. The van der Waals surface area contributed by atoms with Gasteiger partial charge in [0.15, 0.2) is 0 Å². The molecular formula is C16H32BrN. The molecule has 1 nitrogen and oxygen atoms in total. The first-order valence-corrected chi connectivity index (χ1v) is 8.91. The summed E-state index contributed by atoms with van der Waals surface area (Å²) in [5.41, 5.74) is 0. The van der Waals surface area contributed by atoms with E-state index in [0.717, 1.165) is 17.9 Å². The van der Waals surface area contributed by atoms with E-state index in [2.05, 4.69) is 34.3 Å². The molecule has 0 amide bonds. The Hall–Kier alpha value is 0.440. The first-order chi connectivity index (χ1) is 8.76. The van der Waals surface area contributed by atoms with Crippen LogP contribution in [0.5, 0.6) is 0 Å². The van der Waals surface area contributed by atoms with Crippen LogP contribution in [0, 0.1) is 11.8 Å². The quantitative estimate of drug-likeness (QED) is 0.416. The van der Waals surface area contributed by atoms with Crippen LogP contribution in [0.1, 0.15) is 84.5 Å². The van der Waals surface area contributed by atoms with E-state index in [9.17, 15) is 0 Å². The summed E-state index contributed by atoms with van der Waals surface area (Å²) in [7, 11) is 0. The van der Waals surface area contributed by atoms with Crippen LogP contribution in [0.25, 0.3) is 0 Å². The monoisotopic (exact) mass is 317 g/mol. The minimum absolute atomic E-state index is 0.729. The fourth-order valence-electron chi connectivity index (χ4n) is 3.14. The Morgan fingerprint density at radius 1 is 1.06 bits per heavy atom. The minimum atomic E-state index is 0.729. The van der Waals surface area contributed by atoms with E-state index in [-0.39, 0.29) is 0 Å². The van der Waals surface area contributed by atoms with E-state index >= 15 is 0 Å². The van der Waals surface area contributed by atoms with Gasteiger partial charge in [-0.05, 0) is 37.5 Å². The summed E-state index contributed by atoms with van der Waals surface area (Å²) < 4.78 is 3.24. The van der Waals surface area contributed by atoms with Crippen molar-refractivity contribution in [2.75, 3.05) is 0 Å². The second-order valence-corrected chi connectivity index (χ2v) is 6.82. The fraction of sp³-hybridized carbons (Fsp3) is 1.00. The van der Waals surface area contributed by atoms with Crippen molar-refractivity contribution >= 4 is 16.1 Å². The highest BCUT2D eigenvalue weighted by Gasteiger charge is 2.20. The third-order valence-electron chi connectivity index (χ3n) is 4.62. The van der Waals surface area contributed by atoms with Gasteiger partial charge in [-0.15, -0.1) is 0 Å². The Morgan fingerprint density at radius 2 is 1.78 bits per heavy atom. The van der Waals surface area contributed by atoms with Gasteiger partial charge in [-0.25, -0.2) is 0 Å². The van der Waals surface area contributed by atoms with E-state index in [1.165, 1.54) is 70.6 Å². The molecule has 1 rings (SSSR count). The lowest BCUT2D eigenvalue weighted by Crippen LogP contribution is -2.26. The van der Waals surface area contributed by atoms with E-state index in [1.54, 1.807) is 0 Å². The molecule has 1 atom stereocenters. The normalized spacial score (nSPS) is 26.2. The largest absolute Gasteiger partial charge is 0.253 e. The molecule has 2 heteroatoms. The van der Waals surface area contributed by atoms with Crippen LogP contribution < -0.4 is 4.34 Å². The lowest BCUT2D eigenvalue weighted by atomic mass is 9.82. The molecule has 0 bridgehead atoms. The Labute approximate surface area is 123 Å². The van der Waals surface area contributed by atoms with Gasteiger partial charge in [-0.2, -0.15) is 0 Å². The van der Waals surface area contributed by atoms with Crippen molar-refractivity contribution in [3.8, 4) is 0 Å². The third kappa shape index (κ3) is 7.13. The van der Waals surface area contributed by atoms with Crippen LogP contribution in [-0.4, -0.2) is 6.04 Å². The molecular weight excluding hydrogens is 286 g/mol. The molecule has 1 aliphatic rings. The van der Waals surface area contributed by atoms with E-state index < -0.39 is 0 Å². The number of hydrogen-bond donors (Lipinski definition) is 1. The predicted molar refractivity (Wildman–Crippen MR) is 85.0 cm³/mol. The minimum Gasteiger partial charge on any atom is -0.253 e. The van der Waals surface area contributed by atoms with Gasteiger partial charge in [0.2, 0.25) is 0 Å². The third-order valence-corrected chi connectivity index (χ3v) is 5.27. The van der Waals surface area contributed by atoms with Crippen molar-refractivity contribution < 1.29 is 0 Å².